The normalized spacial score (nSPS) is 17.3. The van der Waals surface area contributed by atoms with Crippen molar-refractivity contribution in [3.8, 4) is 0 Å². The van der Waals surface area contributed by atoms with Crippen molar-refractivity contribution in [2.24, 2.45) is 5.41 Å². The quantitative estimate of drug-likeness (QED) is 0.681. The third-order valence-electron chi connectivity index (χ3n) is 2.84. The van der Waals surface area contributed by atoms with Crippen LogP contribution < -0.4 is 0 Å². The average molecular weight is 232 g/mol. The Balaban J connectivity index is 2.50. The number of rotatable bonds is 4. The molecule has 1 aliphatic rings. The molecule has 0 spiro atoms. The number of hydrogen-bond donors (Lipinski definition) is 0. The van der Waals surface area contributed by atoms with Crippen molar-refractivity contribution in [3.63, 3.8) is 0 Å². The number of halogens is 1. The molecule has 88 valence electrons. The van der Waals surface area contributed by atoms with E-state index in [0.29, 0.717) is 24.9 Å². The molecule has 1 amide bonds. The summed E-state index contributed by atoms with van der Waals surface area (Å²) in [6.07, 6.45) is 4.20. The molecule has 0 aliphatic heterocycles. The Kier molecular flexibility index (Phi) is 4.45. The van der Waals surface area contributed by atoms with Gasteiger partial charge in [0.25, 0.3) is 0 Å². The molecule has 0 atom stereocenters. The molecule has 0 N–H and O–H groups in total. The van der Waals surface area contributed by atoms with Gasteiger partial charge in [-0.15, -0.1) is 11.6 Å². The maximum Gasteiger partial charge on any atom is 0.223 e. The molecular formula is C12H22ClNO. The van der Waals surface area contributed by atoms with Crippen LogP contribution in [0.1, 0.15) is 46.5 Å². The average Bonchev–Trinajstić information content (AvgIpc) is 1.96. The zero-order valence-corrected chi connectivity index (χ0v) is 10.8. The molecule has 0 heterocycles. The predicted octanol–water partition coefficient (Wildman–Crippen LogP) is 3.04. The van der Waals surface area contributed by atoms with Crippen LogP contribution in [-0.4, -0.2) is 29.3 Å². The number of carbonyl (C=O) groups excluding carboxylic acids is 1. The highest BCUT2D eigenvalue weighted by Gasteiger charge is 2.30. The van der Waals surface area contributed by atoms with Crippen LogP contribution in [0.2, 0.25) is 0 Å². The van der Waals surface area contributed by atoms with Crippen LogP contribution in [-0.2, 0) is 4.79 Å². The number of amides is 1. The van der Waals surface area contributed by atoms with E-state index in [2.05, 4.69) is 20.8 Å². The van der Waals surface area contributed by atoms with E-state index in [-0.39, 0.29) is 11.3 Å². The minimum Gasteiger partial charge on any atom is -0.339 e. The van der Waals surface area contributed by atoms with E-state index in [1.807, 2.05) is 4.90 Å². The van der Waals surface area contributed by atoms with Crippen molar-refractivity contribution >= 4 is 17.5 Å². The van der Waals surface area contributed by atoms with Gasteiger partial charge in [0, 0.05) is 24.9 Å². The van der Waals surface area contributed by atoms with E-state index in [0.717, 1.165) is 12.8 Å². The molecule has 3 heteroatoms. The molecule has 2 nitrogen and oxygen atoms in total. The van der Waals surface area contributed by atoms with E-state index in [1.165, 1.54) is 6.42 Å². The van der Waals surface area contributed by atoms with E-state index in [9.17, 15) is 4.79 Å². The second kappa shape index (κ2) is 5.20. The van der Waals surface area contributed by atoms with E-state index < -0.39 is 0 Å². The molecule has 0 aromatic carbocycles. The fraction of sp³-hybridized carbons (Fsp3) is 0.917. The Bertz CT molecular complexity index is 218. The van der Waals surface area contributed by atoms with Crippen molar-refractivity contribution in [2.45, 2.75) is 52.5 Å². The summed E-state index contributed by atoms with van der Waals surface area (Å²) < 4.78 is 0. The van der Waals surface area contributed by atoms with Gasteiger partial charge in [0.15, 0.2) is 0 Å². The molecule has 1 aliphatic carbocycles. The zero-order chi connectivity index (χ0) is 11.5. The summed E-state index contributed by atoms with van der Waals surface area (Å²) in [5.41, 5.74) is 0.0748. The molecule has 0 saturated heterocycles. The van der Waals surface area contributed by atoms with Crippen molar-refractivity contribution in [2.75, 3.05) is 12.4 Å². The highest BCUT2D eigenvalue weighted by molar-refractivity contribution is 6.18. The zero-order valence-electron chi connectivity index (χ0n) is 10.1. The Morgan fingerprint density at radius 2 is 2.00 bits per heavy atom. The maximum atomic E-state index is 12.1. The minimum absolute atomic E-state index is 0.0748. The lowest BCUT2D eigenvalue weighted by Gasteiger charge is -2.38. The predicted molar refractivity (Wildman–Crippen MR) is 64.1 cm³/mol. The molecule has 15 heavy (non-hydrogen) atoms. The Morgan fingerprint density at radius 3 is 2.33 bits per heavy atom. The first-order valence-corrected chi connectivity index (χ1v) is 6.33. The van der Waals surface area contributed by atoms with Gasteiger partial charge in [-0.3, -0.25) is 4.79 Å². The largest absolute Gasteiger partial charge is 0.339 e. The summed E-state index contributed by atoms with van der Waals surface area (Å²) in [5.74, 6) is 0.819. The van der Waals surface area contributed by atoms with Gasteiger partial charge in [-0.1, -0.05) is 20.8 Å². The molecular weight excluding hydrogens is 210 g/mol. The number of nitrogens with zero attached hydrogens (tertiary/aromatic N) is 1. The maximum absolute atomic E-state index is 12.1. The van der Waals surface area contributed by atoms with Crippen molar-refractivity contribution < 1.29 is 4.79 Å². The summed E-state index contributed by atoms with van der Waals surface area (Å²) in [6.45, 7) is 7.01. The second-order valence-corrected chi connectivity index (χ2v) is 5.98. The van der Waals surface area contributed by atoms with Gasteiger partial charge < -0.3 is 4.90 Å². The summed E-state index contributed by atoms with van der Waals surface area (Å²) in [7, 11) is 0. The smallest absolute Gasteiger partial charge is 0.223 e. The van der Waals surface area contributed by atoms with Gasteiger partial charge in [0.05, 0.1) is 0 Å². The molecule has 1 rings (SSSR count). The molecule has 0 radical (unpaired) electrons. The molecule has 1 saturated carbocycles. The monoisotopic (exact) mass is 231 g/mol. The second-order valence-electron chi connectivity index (χ2n) is 5.60. The van der Waals surface area contributed by atoms with Crippen LogP contribution in [0.25, 0.3) is 0 Å². The Morgan fingerprint density at radius 1 is 1.40 bits per heavy atom. The van der Waals surface area contributed by atoms with Crippen LogP contribution in [0.4, 0.5) is 0 Å². The number of hydrogen-bond acceptors (Lipinski definition) is 1. The van der Waals surface area contributed by atoms with E-state index in [4.69, 9.17) is 11.6 Å². The van der Waals surface area contributed by atoms with Gasteiger partial charge >= 0.3 is 0 Å². The molecule has 0 bridgehead atoms. The lowest BCUT2D eigenvalue weighted by molar-refractivity contribution is -0.136. The first kappa shape index (κ1) is 12.8. The summed E-state index contributed by atoms with van der Waals surface area (Å²) in [6, 6.07) is 0.471. The Hall–Kier alpha value is -0.240. The van der Waals surface area contributed by atoms with Gasteiger partial charge in [-0.2, -0.15) is 0 Å². The van der Waals surface area contributed by atoms with Crippen LogP contribution in [0.15, 0.2) is 0 Å². The molecule has 1 fully saturated rings. The third-order valence-corrected chi connectivity index (χ3v) is 3.01. The van der Waals surface area contributed by atoms with Crippen LogP contribution in [0, 0.1) is 5.41 Å². The lowest BCUT2D eigenvalue weighted by atomic mass is 9.88. The molecule has 0 aromatic heterocycles. The first-order chi connectivity index (χ1) is 6.94. The third kappa shape index (κ3) is 4.02. The fourth-order valence-corrected chi connectivity index (χ4v) is 2.04. The molecule has 0 unspecified atom stereocenters. The SMILES string of the molecule is CC(C)(C)CC(=O)N(CCCl)C1CCC1. The van der Waals surface area contributed by atoms with E-state index in [1.54, 1.807) is 0 Å². The lowest BCUT2D eigenvalue weighted by Crippen LogP contribution is -2.46. The van der Waals surface area contributed by atoms with Gasteiger partial charge in [0.2, 0.25) is 5.91 Å². The highest BCUT2D eigenvalue weighted by atomic mass is 35.5. The van der Waals surface area contributed by atoms with E-state index >= 15 is 0 Å². The van der Waals surface area contributed by atoms with Gasteiger partial charge in [-0.05, 0) is 24.7 Å². The van der Waals surface area contributed by atoms with Crippen LogP contribution in [0.3, 0.4) is 0 Å². The number of carbonyl (C=O) groups is 1. The van der Waals surface area contributed by atoms with Gasteiger partial charge in [-0.25, -0.2) is 0 Å². The molecule has 0 aromatic rings. The minimum atomic E-state index is 0.0748. The van der Waals surface area contributed by atoms with Crippen LogP contribution >= 0.6 is 11.6 Å². The van der Waals surface area contributed by atoms with Crippen molar-refractivity contribution in [1.82, 2.24) is 4.90 Å². The summed E-state index contributed by atoms with van der Waals surface area (Å²) in [4.78, 5) is 14.0. The van der Waals surface area contributed by atoms with Crippen LogP contribution in [0.5, 0.6) is 0 Å². The fourth-order valence-electron chi connectivity index (χ4n) is 1.86. The summed E-state index contributed by atoms with van der Waals surface area (Å²) in [5, 5.41) is 0. The summed E-state index contributed by atoms with van der Waals surface area (Å²) >= 11 is 5.74. The standard InChI is InChI=1S/C12H22ClNO/c1-12(2,3)9-11(15)14(8-7-13)10-5-4-6-10/h10H,4-9H2,1-3H3. The topological polar surface area (TPSA) is 20.3 Å². The van der Waals surface area contributed by atoms with Crippen molar-refractivity contribution in [3.05, 3.63) is 0 Å². The number of alkyl halides is 1. The highest BCUT2D eigenvalue weighted by Crippen LogP contribution is 2.28. The first-order valence-electron chi connectivity index (χ1n) is 5.79. The van der Waals surface area contributed by atoms with Crippen molar-refractivity contribution in [1.29, 1.82) is 0 Å². The van der Waals surface area contributed by atoms with Gasteiger partial charge in [0.1, 0.15) is 0 Å². The Labute approximate surface area is 98.0 Å².